The Bertz CT molecular complexity index is 1080. The van der Waals surface area contributed by atoms with Gasteiger partial charge in [-0.1, -0.05) is 55.3 Å². The first kappa shape index (κ1) is 20.0. The minimum atomic E-state index is -0.0375. The summed E-state index contributed by atoms with van der Waals surface area (Å²) in [7, 11) is 0. The minimum Gasteiger partial charge on any atom is -0.342 e. The highest BCUT2D eigenvalue weighted by Crippen LogP contribution is 2.23. The molecule has 0 aliphatic carbocycles. The molecule has 1 amide bonds. The highest BCUT2D eigenvalue weighted by Gasteiger charge is 2.17. The molecular weight excluding hydrogens is 382 g/mol. The van der Waals surface area contributed by atoms with Crippen LogP contribution in [0.5, 0.6) is 0 Å². The van der Waals surface area contributed by atoms with Crippen LogP contribution in [0.25, 0.3) is 21.7 Å². The second-order valence-electron chi connectivity index (χ2n) is 7.60. The maximum absolute atomic E-state index is 13.1. The van der Waals surface area contributed by atoms with E-state index in [1.54, 1.807) is 4.57 Å². The SMILES string of the molecule is CCn1c(SCC(=O)N2CCCCCCC2)nc2cc3ccccc3cc2c1=O. The van der Waals surface area contributed by atoms with Gasteiger partial charge in [0.1, 0.15) is 0 Å². The molecule has 1 aromatic heterocycles. The van der Waals surface area contributed by atoms with E-state index in [-0.39, 0.29) is 11.5 Å². The van der Waals surface area contributed by atoms with Crippen molar-refractivity contribution in [2.24, 2.45) is 0 Å². The van der Waals surface area contributed by atoms with Gasteiger partial charge in [-0.25, -0.2) is 4.98 Å². The number of amides is 1. The molecule has 4 rings (SSSR count). The highest BCUT2D eigenvalue weighted by atomic mass is 32.2. The lowest BCUT2D eigenvalue weighted by Crippen LogP contribution is -2.35. The van der Waals surface area contributed by atoms with Crippen molar-refractivity contribution in [1.82, 2.24) is 14.5 Å². The van der Waals surface area contributed by atoms with E-state index >= 15 is 0 Å². The van der Waals surface area contributed by atoms with Gasteiger partial charge < -0.3 is 4.90 Å². The molecule has 0 saturated carbocycles. The lowest BCUT2D eigenvalue weighted by molar-refractivity contribution is -0.128. The molecule has 5 nitrogen and oxygen atoms in total. The van der Waals surface area contributed by atoms with E-state index in [9.17, 15) is 9.59 Å². The molecule has 29 heavy (non-hydrogen) atoms. The number of thioether (sulfide) groups is 1. The largest absolute Gasteiger partial charge is 0.342 e. The first-order chi connectivity index (χ1) is 14.2. The Hall–Kier alpha value is -2.34. The Morgan fingerprint density at radius 3 is 2.38 bits per heavy atom. The smallest absolute Gasteiger partial charge is 0.262 e. The molecule has 3 aromatic rings. The molecule has 0 radical (unpaired) electrons. The van der Waals surface area contributed by atoms with Crippen molar-refractivity contribution in [2.75, 3.05) is 18.8 Å². The second kappa shape index (κ2) is 8.99. The lowest BCUT2D eigenvalue weighted by atomic mass is 10.1. The van der Waals surface area contributed by atoms with Crippen LogP contribution >= 0.6 is 11.8 Å². The molecule has 0 N–H and O–H groups in total. The van der Waals surface area contributed by atoms with Crippen molar-refractivity contribution in [3.8, 4) is 0 Å². The van der Waals surface area contributed by atoms with Gasteiger partial charge in [0, 0.05) is 19.6 Å². The summed E-state index contributed by atoms with van der Waals surface area (Å²) < 4.78 is 1.68. The topological polar surface area (TPSA) is 55.2 Å². The molecule has 2 heterocycles. The first-order valence-corrected chi connectivity index (χ1v) is 11.5. The van der Waals surface area contributed by atoms with Gasteiger partial charge in [-0.15, -0.1) is 0 Å². The molecule has 2 aromatic carbocycles. The van der Waals surface area contributed by atoms with E-state index in [4.69, 9.17) is 4.98 Å². The minimum absolute atomic E-state index is 0.0375. The number of benzene rings is 2. The molecule has 0 atom stereocenters. The Kier molecular flexibility index (Phi) is 6.19. The molecule has 0 unspecified atom stereocenters. The Morgan fingerprint density at radius 2 is 1.69 bits per heavy atom. The van der Waals surface area contributed by atoms with Crippen LogP contribution < -0.4 is 5.56 Å². The summed E-state index contributed by atoms with van der Waals surface area (Å²) in [6, 6.07) is 11.9. The van der Waals surface area contributed by atoms with Crippen LogP contribution in [-0.4, -0.2) is 39.2 Å². The van der Waals surface area contributed by atoms with E-state index in [2.05, 4.69) is 0 Å². The number of carbonyl (C=O) groups is 1. The fourth-order valence-corrected chi connectivity index (χ4v) is 4.96. The van der Waals surface area contributed by atoms with Gasteiger partial charge in [0.25, 0.3) is 5.56 Å². The molecule has 6 heteroatoms. The van der Waals surface area contributed by atoms with E-state index in [1.807, 2.05) is 48.2 Å². The molecule has 1 aliphatic rings. The molecular formula is C23H27N3O2S. The quantitative estimate of drug-likeness (QED) is 0.363. The van der Waals surface area contributed by atoms with Crippen molar-refractivity contribution in [2.45, 2.75) is 50.7 Å². The second-order valence-corrected chi connectivity index (χ2v) is 8.54. The third kappa shape index (κ3) is 4.32. The van der Waals surface area contributed by atoms with E-state index in [0.29, 0.717) is 28.4 Å². The van der Waals surface area contributed by atoms with Gasteiger partial charge in [0.2, 0.25) is 5.91 Å². The van der Waals surface area contributed by atoms with Crippen molar-refractivity contribution in [1.29, 1.82) is 0 Å². The summed E-state index contributed by atoms with van der Waals surface area (Å²) in [5.74, 6) is 0.471. The van der Waals surface area contributed by atoms with Crippen molar-refractivity contribution < 1.29 is 4.79 Å². The Labute approximate surface area is 175 Å². The molecule has 1 fully saturated rings. The van der Waals surface area contributed by atoms with Gasteiger partial charge in [-0.3, -0.25) is 14.2 Å². The fraction of sp³-hybridized carbons (Fsp3) is 0.435. The maximum Gasteiger partial charge on any atom is 0.262 e. The molecule has 152 valence electrons. The third-order valence-corrected chi connectivity index (χ3v) is 6.60. The van der Waals surface area contributed by atoms with Crippen LogP contribution in [0.15, 0.2) is 46.3 Å². The Balaban J connectivity index is 1.61. The summed E-state index contributed by atoms with van der Waals surface area (Å²) in [6.07, 6.45) is 5.84. The average molecular weight is 410 g/mol. The predicted octanol–water partition coefficient (Wildman–Crippen LogP) is 4.45. The van der Waals surface area contributed by atoms with Gasteiger partial charge in [-0.2, -0.15) is 0 Å². The van der Waals surface area contributed by atoms with Crippen LogP contribution in [0.2, 0.25) is 0 Å². The summed E-state index contributed by atoms with van der Waals surface area (Å²) in [5, 5.41) is 3.36. The molecule has 0 spiro atoms. The van der Waals surface area contributed by atoms with Crippen molar-refractivity contribution in [3.05, 3.63) is 46.8 Å². The normalized spacial score (nSPS) is 15.4. The summed E-state index contributed by atoms with van der Waals surface area (Å²) >= 11 is 1.38. The first-order valence-electron chi connectivity index (χ1n) is 10.5. The molecule has 1 aliphatic heterocycles. The highest BCUT2D eigenvalue weighted by molar-refractivity contribution is 7.99. The van der Waals surface area contributed by atoms with E-state index in [1.165, 1.54) is 31.0 Å². The standard InChI is InChI=1S/C23H27N3O2S/c1-2-26-22(28)19-14-17-10-6-7-11-18(17)15-20(19)24-23(26)29-16-21(27)25-12-8-4-3-5-9-13-25/h6-7,10-11,14-15H,2-5,8-9,12-13,16H2,1H3. The van der Waals surface area contributed by atoms with Crippen LogP contribution in [0.3, 0.4) is 0 Å². The van der Waals surface area contributed by atoms with Gasteiger partial charge >= 0.3 is 0 Å². The van der Waals surface area contributed by atoms with Crippen LogP contribution in [0.1, 0.15) is 39.0 Å². The lowest BCUT2D eigenvalue weighted by Gasteiger charge is -2.24. The van der Waals surface area contributed by atoms with E-state index < -0.39 is 0 Å². The van der Waals surface area contributed by atoms with Crippen molar-refractivity contribution in [3.63, 3.8) is 0 Å². The number of hydrogen-bond donors (Lipinski definition) is 0. The third-order valence-electron chi connectivity index (χ3n) is 5.64. The summed E-state index contributed by atoms with van der Waals surface area (Å²) in [5.41, 5.74) is 0.657. The number of likely N-dealkylation sites (tertiary alicyclic amines) is 1. The Morgan fingerprint density at radius 1 is 1.03 bits per heavy atom. The zero-order chi connectivity index (χ0) is 20.2. The van der Waals surface area contributed by atoms with Crippen molar-refractivity contribution >= 4 is 39.3 Å². The molecule has 0 bridgehead atoms. The number of carbonyl (C=O) groups excluding carboxylic acids is 1. The zero-order valence-electron chi connectivity index (χ0n) is 16.9. The number of fused-ring (bicyclic) bond motifs is 2. The van der Waals surface area contributed by atoms with Crippen LogP contribution in [0.4, 0.5) is 0 Å². The fourth-order valence-electron chi connectivity index (χ4n) is 3.99. The predicted molar refractivity (Wildman–Crippen MR) is 120 cm³/mol. The summed E-state index contributed by atoms with van der Waals surface area (Å²) in [6.45, 7) is 4.17. The number of hydrogen-bond acceptors (Lipinski definition) is 4. The van der Waals surface area contributed by atoms with Crippen LogP contribution in [-0.2, 0) is 11.3 Å². The number of rotatable bonds is 4. The van der Waals surface area contributed by atoms with Gasteiger partial charge in [0.15, 0.2) is 5.16 Å². The van der Waals surface area contributed by atoms with Crippen LogP contribution in [0, 0.1) is 0 Å². The number of nitrogens with zero attached hydrogens (tertiary/aromatic N) is 3. The van der Waals surface area contributed by atoms with Gasteiger partial charge in [0.05, 0.1) is 16.7 Å². The van der Waals surface area contributed by atoms with Gasteiger partial charge in [-0.05, 0) is 42.7 Å². The average Bonchev–Trinajstić information content (AvgIpc) is 2.71. The maximum atomic E-state index is 13.1. The molecule has 1 saturated heterocycles. The zero-order valence-corrected chi connectivity index (χ0v) is 17.7. The number of aromatic nitrogens is 2. The monoisotopic (exact) mass is 409 g/mol. The van der Waals surface area contributed by atoms with E-state index in [0.717, 1.165) is 36.7 Å². The summed E-state index contributed by atoms with van der Waals surface area (Å²) in [4.78, 5) is 32.6.